The molecular weight excluding hydrogens is 418 g/mol. The van der Waals surface area contributed by atoms with E-state index in [1.54, 1.807) is 30.3 Å². The third kappa shape index (κ3) is 4.28. The molecule has 30 heavy (non-hydrogen) atoms. The molecule has 1 saturated heterocycles. The van der Waals surface area contributed by atoms with E-state index >= 15 is 0 Å². The largest absolute Gasteiger partial charge is 0.457 e. The normalized spacial score (nSPS) is 16.7. The molecule has 0 aliphatic carbocycles. The zero-order valence-corrected chi connectivity index (χ0v) is 16.2. The molecule has 3 aromatic rings. The fraction of sp³-hybridized carbons (Fsp3) is 0.136. The summed E-state index contributed by atoms with van der Waals surface area (Å²) in [5.41, 5.74) is 0.217. The highest BCUT2D eigenvalue weighted by atomic mass is 32.2. The number of carbonyl (C=O) groups is 1. The Morgan fingerprint density at radius 2 is 1.57 bits per heavy atom. The Kier molecular flexibility index (Phi) is 5.42. The van der Waals surface area contributed by atoms with Crippen LogP contribution in [0.1, 0.15) is 16.5 Å². The zero-order valence-electron chi connectivity index (χ0n) is 15.4. The molecule has 3 aromatic carbocycles. The third-order valence-corrected chi connectivity index (χ3v) is 5.74. The van der Waals surface area contributed by atoms with E-state index in [9.17, 15) is 22.4 Å². The number of thioether (sulfide) groups is 1. The topological polar surface area (TPSA) is 29.5 Å². The minimum atomic E-state index is -4.45. The van der Waals surface area contributed by atoms with Gasteiger partial charge in [-0.25, -0.2) is 4.39 Å². The Morgan fingerprint density at radius 3 is 2.20 bits per heavy atom. The lowest BCUT2D eigenvalue weighted by Gasteiger charge is -2.25. The fourth-order valence-electron chi connectivity index (χ4n) is 3.13. The molecule has 1 aliphatic rings. The molecule has 3 nitrogen and oxygen atoms in total. The van der Waals surface area contributed by atoms with Crippen molar-refractivity contribution in [2.24, 2.45) is 0 Å². The van der Waals surface area contributed by atoms with Crippen molar-refractivity contribution in [3.63, 3.8) is 0 Å². The number of carbonyl (C=O) groups excluding carboxylic acids is 1. The highest BCUT2D eigenvalue weighted by Gasteiger charge is 2.36. The number of rotatable bonds is 4. The number of anilines is 1. The van der Waals surface area contributed by atoms with Gasteiger partial charge in [-0.15, -0.1) is 11.8 Å². The summed E-state index contributed by atoms with van der Waals surface area (Å²) in [6.45, 7) is 0. The number of nitrogens with zero attached hydrogens (tertiary/aromatic N) is 1. The minimum absolute atomic E-state index is 0.175. The number of alkyl halides is 3. The Hall–Kier alpha value is -3.00. The lowest BCUT2D eigenvalue weighted by molar-refractivity contribution is -0.137. The van der Waals surface area contributed by atoms with Crippen LogP contribution < -0.4 is 9.64 Å². The summed E-state index contributed by atoms with van der Waals surface area (Å²) in [6.07, 6.45) is -4.45. The van der Waals surface area contributed by atoms with Crippen LogP contribution >= 0.6 is 11.8 Å². The van der Waals surface area contributed by atoms with Crippen molar-refractivity contribution in [3.05, 3.63) is 89.7 Å². The van der Waals surface area contributed by atoms with Crippen molar-refractivity contribution in [1.82, 2.24) is 0 Å². The van der Waals surface area contributed by atoms with E-state index in [0.717, 1.165) is 12.1 Å². The van der Waals surface area contributed by atoms with Crippen LogP contribution in [0.25, 0.3) is 0 Å². The van der Waals surface area contributed by atoms with E-state index in [-0.39, 0.29) is 17.5 Å². The lowest BCUT2D eigenvalue weighted by Crippen LogP contribution is -2.27. The van der Waals surface area contributed by atoms with Gasteiger partial charge in [-0.1, -0.05) is 12.1 Å². The SMILES string of the molecule is O=C1CSC(c2cccc(C(F)(F)F)c2)N1c1ccc(Oc2ccc(F)cc2)cc1. The second kappa shape index (κ2) is 8.02. The maximum atomic E-state index is 13.1. The standard InChI is InChI=1S/C22H15F4NO2S/c23-16-4-8-18(9-5-16)29-19-10-6-17(7-11-19)27-20(28)13-30-21(27)14-2-1-3-15(12-14)22(24,25)26/h1-12,21H,13H2. The van der Waals surface area contributed by atoms with Crippen LogP contribution in [-0.4, -0.2) is 11.7 Å². The molecule has 0 saturated carbocycles. The van der Waals surface area contributed by atoms with Crippen LogP contribution in [0.2, 0.25) is 0 Å². The van der Waals surface area contributed by atoms with Gasteiger partial charge >= 0.3 is 6.18 Å². The first-order valence-electron chi connectivity index (χ1n) is 8.95. The molecule has 1 unspecified atom stereocenters. The summed E-state index contributed by atoms with van der Waals surface area (Å²) >= 11 is 1.28. The van der Waals surface area contributed by atoms with Gasteiger partial charge in [-0.2, -0.15) is 13.2 Å². The second-order valence-corrected chi connectivity index (χ2v) is 7.67. The van der Waals surface area contributed by atoms with Crippen LogP contribution in [0.5, 0.6) is 11.5 Å². The molecule has 1 fully saturated rings. The summed E-state index contributed by atoms with van der Waals surface area (Å²) in [5.74, 6) is 0.562. The van der Waals surface area contributed by atoms with Gasteiger partial charge in [0.15, 0.2) is 0 Å². The fourth-order valence-corrected chi connectivity index (χ4v) is 4.30. The van der Waals surface area contributed by atoms with Gasteiger partial charge in [0, 0.05) is 5.69 Å². The van der Waals surface area contributed by atoms with Gasteiger partial charge in [0.1, 0.15) is 22.7 Å². The van der Waals surface area contributed by atoms with Gasteiger partial charge in [-0.05, 0) is 66.2 Å². The predicted molar refractivity (Wildman–Crippen MR) is 107 cm³/mol. The molecule has 1 amide bonds. The van der Waals surface area contributed by atoms with Gasteiger partial charge in [0.25, 0.3) is 0 Å². The van der Waals surface area contributed by atoms with E-state index in [1.807, 2.05) is 0 Å². The summed E-state index contributed by atoms with van der Waals surface area (Å²) in [6, 6.07) is 17.2. The maximum absolute atomic E-state index is 13.1. The van der Waals surface area contributed by atoms with Gasteiger partial charge in [-0.3, -0.25) is 9.69 Å². The molecule has 0 radical (unpaired) electrons. The smallest absolute Gasteiger partial charge is 0.416 e. The maximum Gasteiger partial charge on any atom is 0.416 e. The van der Waals surface area contributed by atoms with Gasteiger partial charge in [0.2, 0.25) is 5.91 Å². The van der Waals surface area contributed by atoms with E-state index in [2.05, 4.69) is 0 Å². The highest BCUT2D eigenvalue weighted by molar-refractivity contribution is 8.00. The van der Waals surface area contributed by atoms with Crippen molar-refractivity contribution in [2.45, 2.75) is 11.6 Å². The average molecular weight is 433 g/mol. The van der Waals surface area contributed by atoms with E-state index in [4.69, 9.17) is 4.74 Å². The number of benzene rings is 3. The minimum Gasteiger partial charge on any atom is -0.457 e. The molecule has 0 spiro atoms. The highest BCUT2D eigenvalue weighted by Crippen LogP contribution is 2.43. The quantitative estimate of drug-likeness (QED) is 0.445. The average Bonchev–Trinajstić information content (AvgIpc) is 3.11. The van der Waals surface area contributed by atoms with E-state index < -0.39 is 17.1 Å². The van der Waals surface area contributed by atoms with E-state index in [1.165, 1.54) is 47.0 Å². The van der Waals surface area contributed by atoms with Gasteiger partial charge in [0.05, 0.1) is 11.3 Å². The number of amides is 1. The Morgan fingerprint density at radius 1 is 0.933 bits per heavy atom. The third-order valence-electron chi connectivity index (χ3n) is 4.53. The van der Waals surface area contributed by atoms with Crippen molar-refractivity contribution in [2.75, 3.05) is 10.7 Å². The van der Waals surface area contributed by atoms with Crippen molar-refractivity contribution >= 4 is 23.4 Å². The molecule has 154 valence electrons. The number of halogens is 4. The van der Waals surface area contributed by atoms with Crippen LogP contribution in [0.15, 0.2) is 72.8 Å². The molecule has 4 rings (SSSR count). The van der Waals surface area contributed by atoms with Crippen molar-refractivity contribution in [1.29, 1.82) is 0 Å². The first-order chi connectivity index (χ1) is 14.3. The van der Waals surface area contributed by atoms with Crippen LogP contribution in [0, 0.1) is 5.82 Å². The molecule has 0 N–H and O–H groups in total. The first kappa shape index (κ1) is 20.3. The summed E-state index contributed by atoms with van der Waals surface area (Å²) in [4.78, 5) is 14.0. The molecule has 0 bridgehead atoms. The summed E-state index contributed by atoms with van der Waals surface area (Å²) in [5, 5.41) is -0.552. The van der Waals surface area contributed by atoms with E-state index in [0.29, 0.717) is 22.7 Å². The van der Waals surface area contributed by atoms with Crippen molar-refractivity contribution in [3.8, 4) is 11.5 Å². The molecule has 8 heteroatoms. The number of ether oxygens (including phenoxy) is 1. The second-order valence-electron chi connectivity index (χ2n) is 6.60. The molecule has 0 aromatic heterocycles. The molecular formula is C22H15F4NO2S. The predicted octanol–water partition coefficient (Wildman–Crippen LogP) is 6.42. The number of hydrogen-bond donors (Lipinski definition) is 0. The van der Waals surface area contributed by atoms with Crippen LogP contribution in [0.4, 0.5) is 23.2 Å². The Balaban J connectivity index is 1.57. The monoisotopic (exact) mass is 433 g/mol. The zero-order chi connectivity index (χ0) is 21.3. The van der Waals surface area contributed by atoms with Crippen LogP contribution in [0.3, 0.4) is 0 Å². The number of hydrogen-bond acceptors (Lipinski definition) is 3. The van der Waals surface area contributed by atoms with Crippen molar-refractivity contribution < 1.29 is 27.1 Å². The Bertz CT molecular complexity index is 1050. The summed E-state index contributed by atoms with van der Waals surface area (Å²) < 4.78 is 57.9. The lowest BCUT2D eigenvalue weighted by atomic mass is 10.1. The molecule has 1 heterocycles. The van der Waals surface area contributed by atoms with Gasteiger partial charge < -0.3 is 4.74 Å². The Labute approximate surface area is 174 Å². The molecule has 1 aliphatic heterocycles. The summed E-state index contributed by atoms with van der Waals surface area (Å²) in [7, 11) is 0. The van der Waals surface area contributed by atoms with Crippen LogP contribution in [-0.2, 0) is 11.0 Å². The first-order valence-corrected chi connectivity index (χ1v) is 10.0. The molecule has 1 atom stereocenters.